The first kappa shape index (κ1) is 19.8. The van der Waals surface area contributed by atoms with Crippen LogP contribution in [0.1, 0.15) is 63.8 Å². The van der Waals surface area contributed by atoms with Crippen molar-refractivity contribution < 1.29 is 14.4 Å². The van der Waals surface area contributed by atoms with E-state index in [9.17, 15) is 14.4 Å². The van der Waals surface area contributed by atoms with Crippen molar-refractivity contribution in [1.82, 2.24) is 9.80 Å². The number of hydrogen-bond donors (Lipinski definition) is 0. The molecule has 0 fully saturated rings. The highest BCUT2D eigenvalue weighted by Crippen LogP contribution is 2.26. The fourth-order valence-corrected chi connectivity index (χ4v) is 3.58. The first-order valence-corrected chi connectivity index (χ1v) is 9.61. The zero-order chi connectivity index (χ0) is 20.4. The van der Waals surface area contributed by atoms with Crippen LogP contribution < -0.4 is 0 Å². The minimum absolute atomic E-state index is 0.0904. The number of carbonyl (C=O) groups is 3. The highest BCUT2D eigenvalue weighted by Gasteiger charge is 2.36. The Bertz CT molecular complexity index is 905. The third kappa shape index (κ3) is 3.84. The van der Waals surface area contributed by atoms with Crippen molar-refractivity contribution >= 4 is 17.7 Å². The summed E-state index contributed by atoms with van der Waals surface area (Å²) in [5, 5.41) is 0. The van der Waals surface area contributed by atoms with Crippen LogP contribution in [0.4, 0.5) is 0 Å². The molecule has 3 rings (SSSR count). The van der Waals surface area contributed by atoms with Crippen molar-refractivity contribution in [2.24, 2.45) is 5.92 Å². The molecule has 5 nitrogen and oxygen atoms in total. The highest BCUT2D eigenvalue weighted by atomic mass is 16.2. The SMILES string of the molecule is CC(C)CC(C)N(C)C(=O)c1ccc2c(c1)C(=O)N(Cc1ccccc1)C2=O. The quantitative estimate of drug-likeness (QED) is 0.714. The molecule has 0 saturated heterocycles. The van der Waals surface area contributed by atoms with Gasteiger partial charge in [-0.15, -0.1) is 0 Å². The lowest BCUT2D eigenvalue weighted by atomic mass is 10.0. The number of imide groups is 1. The van der Waals surface area contributed by atoms with Gasteiger partial charge in [-0.25, -0.2) is 0 Å². The molecule has 2 aromatic rings. The molecule has 5 heteroatoms. The summed E-state index contributed by atoms with van der Waals surface area (Å²) < 4.78 is 0. The van der Waals surface area contributed by atoms with Gasteiger partial charge in [-0.3, -0.25) is 19.3 Å². The Morgan fingerprint density at radius 2 is 1.61 bits per heavy atom. The fraction of sp³-hybridized carbons (Fsp3) is 0.348. The molecule has 0 aromatic heterocycles. The van der Waals surface area contributed by atoms with E-state index in [1.165, 1.54) is 4.90 Å². The summed E-state index contributed by atoms with van der Waals surface area (Å²) in [5.74, 6) is -0.325. The summed E-state index contributed by atoms with van der Waals surface area (Å²) in [4.78, 5) is 41.3. The van der Waals surface area contributed by atoms with E-state index in [1.54, 1.807) is 30.1 Å². The van der Waals surface area contributed by atoms with Crippen molar-refractivity contribution in [2.75, 3.05) is 7.05 Å². The molecule has 1 atom stereocenters. The van der Waals surface area contributed by atoms with Gasteiger partial charge < -0.3 is 4.90 Å². The third-order valence-electron chi connectivity index (χ3n) is 5.20. The Morgan fingerprint density at radius 1 is 0.964 bits per heavy atom. The molecule has 3 amide bonds. The molecule has 1 aliphatic rings. The maximum absolute atomic E-state index is 12.8. The zero-order valence-electron chi connectivity index (χ0n) is 16.8. The molecule has 0 radical (unpaired) electrons. The third-order valence-corrected chi connectivity index (χ3v) is 5.20. The number of rotatable bonds is 6. The lowest BCUT2D eigenvalue weighted by molar-refractivity contribution is 0.0641. The van der Waals surface area contributed by atoms with Gasteiger partial charge in [-0.05, 0) is 43.0 Å². The summed E-state index contributed by atoms with van der Waals surface area (Å²) >= 11 is 0. The molecular formula is C23H26N2O3. The average Bonchev–Trinajstić information content (AvgIpc) is 2.91. The molecule has 0 aliphatic carbocycles. The topological polar surface area (TPSA) is 57.7 Å². The standard InChI is InChI=1S/C23H26N2O3/c1-15(2)12-16(3)24(4)21(26)18-10-11-19-20(13-18)23(28)25(22(19)27)14-17-8-6-5-7-9-17/h5-11,13,15-16H,12,14H2,1-4H3. The summed E-state index contributed by atoms with van der Waals surface area (Å²) in [6, 6.07) is 14.3. The first-order valence-electron chi connectivity index (χ1n) is 9.61. The fourth-order valence-electron chi connectivity index (χ4n) is 3.58. The number of amides is 3. The van der Waals surface area contributed by atoms with E-state index in [-0.39, 0.29) is 30.3 Å². The number of hydrogen-bond acceptors (Lipinski definition) is 3. The number of fused-ring (bicyclic) bond motifs is 1. The molecule has 1 heterocycles. The van der Waals surface area contributed by atoms with Crippen LogP contribution in [0, 0.1) is 5.92 Å². The van der Waals surface area contributed by atoms with Crippen LogP contribution >= 0.6 is 0 Å². The second-order valence-corrected chi connectivity index (χ2v) is 7.84. The average molecular weight is 378 g/mol. The lowest BCUT2D eigenvalue weighted by Crippen LogP contribution is -2.36. The van der Waals surface area contributed by atoms with Crippen LogP contribution in [0.15, 0.2) is 48.5 Å². The van der Waals surface area contributed by atoms with E-state index in [1.807, 2.05) is 37.3 Å². The van der Waals surface area contributed by atoms with Crippen molar-refractivity contribution in [3.63, 3.8) is 0 Å². The van der Waals surface area contributed by atoms with Gasteiger partial charge in [0.2, 0.25) is 0 Å². The van der Waals surface area contributed by atoms with Crippen LogP contribution in [-0.2, 0) is 6.54 Å². The molecule has 0 spiro atoms. The van der Waals surface area contributed by atoms with Crippen LogP contribution in [-0.4, -0.2) is 40.6 Å². The molecule has 28 heavy (non-hydrogen) atoms. The van der Waals surface area contributed by atoms with Gasteiger partial charge in [-0.1, -0.05) is 44.2 Å². The molecule has 0 saturated carbocycles. The molecule has 1 aliphatic heterocycles. The molecular weight excluding hydrogens is 352 g/mol. The van der Waals surface area contributed by atoms with E-state index in [0.717, 1.165) is 12.0 Å². The summed E-state index contributed by atoms with van der Waals surface area (Å²) in [6.45, 7) is 6.48. The summed E-state index contributed by atoms with van der Waals surface area (Å²) in [5.41, 5.74) is 1.97. The van der Waals surface area contributed by atoms with Gasteiger partial charge in [0.25, 0.3) is 17.7 Å². The van der Waals surface area contributed by atoms with Crippen molar-refractivity contribution in [1.29, 1.82) is 0 Å². The van der Waals surface area contributed by atoms with E-state index in [2.05, 4.69) is 13.8 Å². The summed E-state index contributed by atoms with van der Waals surface area (Å²) in [7, 11) is 1.78. The van der Waals surface area contributed by atoms with Crippen LogP contribution in [0.2, 0.25) is 0 Å². The molecule has 0 bridgehead atoms. The Kier molecular flexibility index (Phi) is 5.63. The lowest BCUT2D eigenvalue weighted by Gasteiger charge is -2.26. The van der Waals surface area contributed by atoms with Gasteiger partial charge in [0.05, 0.1) is 17.7 Å². The van der Waals surface area contributed by atoms with Crippen LogP contribution in [0.25, 0.3) is 0 Å². The second kappa shape index (κ2) is 7.97. The van der Waals surface area contributed by atoms with Gasteiger partial charge in [0.15, 0.2) is 0 Å². The number of nitrogens with zero attached hydrogens (tertiary/aromatic N) is 2. The van der Waals surface area contributed by atoms with E-state index < -0.39 is 0 Å². The van der Waals surface area contributed by atoms with Gasteiger partial charge >= 0.3 is 0 Å². The van der Waals surface area contributed by atoms with Crippen molar-refractivity contribution in [3.8, 4) is 0 Å². The predicted octanol–water partition coefficient (Wildman–Crippen LogP) is 3.99. The van der Waals surface area contributed by atoms with Gasteiger partial charge in [0, 0.05) is 18.7 Å². The van der Waals surface area contributed by atoms with E-state index in [0.29, 0.717) is 22.6 Å². The largest absolute Gasteiger partial charge is 0.339 e. The van der Waals surface area contributed by atoms with Crippen molar-refractivity contribution in [2.45, 2.75) is 39.8 Å². The maximum atomic E-state index is 12.8. The van der Waals surface area contributed by atoms with E-state index >= 15 is 0 Å². The Balaban J connectivity index is 1.82. The number of carbonyl (C=O) groups excluding carboxylic acids is 3. The normalized spacial score (nSPS) is 14.4. The second-order valence-electron chi connectivity index (χ2n) is 7.84. The predicted molar refractivity (Wildman–Crippen MR) is 108 cm³/mol. The monoisotopic (exact) mass is 378 g/mol. The minimum atomic E-state index is -0.351. The number of benzene rings is 2. The van der Waals surface area contributed by atoms with Crippen molar-refractivity contribution in [3.05, 3.63) is 70.8 Å². The van der Waals surface area contributed by atoms with E-state index in [4.69, 9.17) is 0 Å². The first-order chi connectivity index (χ1) is 13.3. The van der Waals surface area contributed by atoms with Crippen LogP contribution in [0.3, 0.4) is 0 Å². The zero-order valence-corrected chi connectivity index (χ0v) is 16.8. The highest BCUT2D eigenvalue weighted by molar-refractivity contribution is 6.22. The molecule has 0 N–H and O–H groups in total. The minimum Gasteiger partial charge on any atom is -0.339 e. The smallest absolute Gasteiger partial charge is 0.261 e. The molecule has 1 unspecified atom stereocenters. The van der Waals surface area contributed by atoms with Gasteiger partial charge in [-0.2, -0.15) is 0 Å². The molecule has 2 aromatic carbocycles. The molecule has 146 valence electrons. The van der Waals surface area contributed by atoms with Gasteiger partial charge in [0.1, 0.15) is 0 Å². The van der Waals surface area contributed by atoms with Crippen LogP contribution in [0.5, 0.6) is 0 Å². The Morgan fingerprint density at radius 3 is 2.25 bits per heavy atom. The maximum Gasteiger partial charge on any atom is 0.261 e. The Labute approximate surface area is 166 Å². The Hall–Kier alpha value is -2.95. The summed E-state index contributed by atoms with van der Waals surface area (Å²) in [6.07, 6.45) is 0.898.